The van der Waals surface area contributed by atoms with Gasteiger partial charge in [-0.25, -0.2) is 0 Å². The lowest BCUT2D eigenvalue weighted by Crippen LogP contribution is -1.89. The van der Waals surface area contributed by atoms with Crippen LogP contribution >= 0.6 is 0 Å². The zero-order valence-corrected chi connectivity index (χ0v) is 8.97. The van der Waals surface area contributed by atoms with E-state index >= 15 is 0 Å². The predicted octanol–water partition coefficient (Wildman–Crippen LogP) is 2.65. The van der Waals surface area contributed by atoms with Gasteiger partial charge in [-0.3, -0.25) is 0 Å². The van der Waals surface area contributed by atoms with Gasteiger partial charge in [0.1, 0.15) is 11.5 Å². The second kappa shape index (κ2) is 4.14. The molecule has 3 nitrogen and oxygen atoms in total. The molecule has 2 aromatic carbocycles. The standard InChI is InChI=1S/C13H13NO2/c1-16-11-5-2-9(3-6-11)12-7-4-10(15)8-13(12)14/h2-8,15H,14H2,1H3. The van der Waals surface area contributed by atoms with Crippen molar-refractivity contribution in [3.63, 3.8) is 0 Å². The summed E-state index contributed by atoms with van der Waals surface area (Å²) in [6.45, 7) is 0. The SMILES string of the molecule is COc1ccc(-c2ccc(O)cc2N)cc1. The molecule has 0 aliphatic heterocycles. The highest BCUT2D eigenvalue weighted by Crippen LogP contribution is 2.29. The van der Waals surface area contributed by atoms with E-state index in [9.17, 15) is 5.11 Å². The zero-order valence-electron chi connectivity index (χ0n) is 8.97. The maximum atomic E-state index is 9.27. The number of anilines is 1. The van der Waals surface area contributed by atoms with Crippen molar-refractivity contribution in [1.29, 1.82) is 0 Å². The first-order chi connectivity index (χ1) is 7.70. The highest BCUT2D eigenvalue weighted by atomic mass is 16.5. The number of hydrogen-bond donors (Lipinski definition) is 2. The van der Waals surface area contributed by atoms with Crippen LogP contribution in [-0.4, -0.2) is 12.2 Å². The molecule has 0 aliphatic carbocycles. The summed E-state index contributed by atoms with van der Waals surface area (Å²) in [4.78, 5) is 0. The minimum absolute atomic E-state index is 0.176. The molecule has 0 radical (unpaired) electrons. The smallest absolute Gasteiger partial charge is 0.118 e. The van der Waals surface area contributed by atoms with E-state index in [0.29, 0.717) is 5.69 Å². The van der Waals surface area contributed by atoms with Gasteiger partial charge in [0.05, 0.1) is 7.11 Å². The van der Waals surface area contributed by atoms with Gasteiger partial charge < -0.3 is 15.6 Å². The van der Waals surface area contributed by atoms with Crippen LogP contribution in [0.1, 0.15) is 0 Å². The van der Waals surface area contributed by atoms with Crippen LogP contribution in [0.5, 0.6) is 11.5 Å². The Morgan fingerprint density at radius 3 is 2.31 bits per heavy atom. The van der Waals surface area contributed by atoms with Gasteiger partial charge >= 0.3 is 0 Å². The van der Waals surface area contributed by atoms with Crippen LogP contribution in [0.4, 0.5) is 5.69 Å². The number of ether oxygens (including phenoxy) is 1. The maximum Gasteiger partial charge on any atom is 0.118 e. The number of benzene rings is 2. The first-order valence-corrected chi connectivity index (χ1v) is 4.93. The number of phenolic OH excluding ortho intramolecular Hbond substituents is 1. The number of nitrogen functional groups attached to an aromatic ring is 1. The summed E-state index contributed by atoms with van der Waals surface area (Å²) in [7, 11) is 1.63. The number of rotatable bonds is 2. The molecule has 0 bridgehead atoms. The minimum atomic E-state index is 0.176. The van der Waals surface area contributed by atoms with Crippen molar-refractivity contribution in [2.24, 2.45) is 0 Å². The fourth-order valence-electron chi connectivity index (χ4n) is 1.58. The topological polar surface area (TPSA) is 55.5 Å². The van der Waals surface area contributed by atoms with E-state index in [-0.39, 0.29) is 5.75 Å². The molecule has 2 rings (SSSR count). The molecular formula is C13H13NO2. The number of nitrogens with two attached hydrogens (primary N) is 1. The fraction of sp³-hybridized carbons (Fsp3) is 0.0769. The van der Waals surface area contributed by atoms with Gasteiger partial charge in [-0.1, -0.05) is 12.1 Å². The van der Waals surface area contributed by atoms with Crippen LogP contribution in [0.15, 0.2) is 42.5 Å². The first-order valence-electron chi connectivity index (χ1n) is 4.93. The van der Waals surface area contributed by atoms with Gasteiger partial charge in [0.25, 0.3) is 0 Å². The van der Waals surface area contributed by atoms with Crippen molar-refractivity contribution in [2.45, 2.75) is 0 Å². The van der Waals surface area contributed by atoms with Gasteiger partial charge in [0.2, 0.25) is 0 Å². The summed E-state index contributed by atoms with van der Waals surface area (Å²) in [6, 6.07) is 12.6. The lowest BCUT2D eigenvalue weighted by Gasteiger charge is -2.07. The average Bonchev–Trinajstić information content (AvgIpc) is 2.29. The molecule has 0 saturated heterocycles. The summed E-state index contributed by atoms with van der Waals surface area (Å²) in [5, 5.41) is 9.27. The molecule has 3 heteroatoms. The average molecular weight is 215 g/mol. The van der Waals surface area contributed by atoms with Crippen LogP contribution in [0.2, 0.25) is 0 Å². The second-order valence-electron chi connectivity index (χ2n) is 3.50. The molecule has 3 N–H and O–H groups in total. The number of methoxy groups -OCH3 is 1. The van der Waals surface area contributed by atoms with Crippen molar-refractivity contribution in [1.82, 2.24) is 0 Å². The molecule has 0 spiro atoms. The Morgan fingerprint density at radius 1 is 1.06 bits per heavy atom. The van der Waals surface area contributed by atoms with Crippen LogP contribution in [0, 0.1) is 0 Å². The summed E-state index contributed by atoms with van der Waals surface area (Å²) < 4.78 is 5.08. The van der Waals surface area contributed by atoms with Crippen LogP contribution < -0.4 is 10.5 Å². The van der Waals surface area contributed by atoms with Gasteiger partial charge in [-0.2, -0.15) is 0 Å². The van der Waals surface area contributed by atoms with E-state index in [0.717, 1.165) is 16.9 Å². The molecule has 16 heavy (non-hydrogen) atoms. The highest BCUT2D eigenvalue weighted by Gasteiger charge is 2.03. The Morgan fingerprint density at radius 2 is 1.75 bits per heavy atom. The zero-order chi connectivity index (χ0) is 11.5. The van der Waals surface area contributed by atoms with Gasteiger partial charge in [0, 0.05) is 17.3 Å². The normalized spacial score (nSPS) is 10.1. The molecule has 0 amide bonds. The van der Waals surface area contributed by atoms with Crippen molar-refractivity contribution < 1.29 is 9.84 Å². The molecule has 2 aromatic rings. The molecule has 82 valence electrons. The molecule has 0 aliphatic rings. The minimum Gasteiger partial charge on any atom is -0.508 e. The van der Waals surface area contributed by atoms with E-state index in [4.69, 9.17) is 10.5 Å². The van der Waals surface area contributed by atoms with Crippen LogP contribution in [0.25, 0.3) is 11.1 Å². The van der Waals surface area contributed by atoms with Gasteiger partial charge in [-0.05, 0) is 29.8 Å². The van der Waals surface area contributed by atoms with Gasteiger partial charge in [-0.15, -0.1) is 0 Å². The third-order valence-corrected chi connectivity index (χ3v) is 2.44. The van der Waals surface area contributed by atoms with E-state index in [2.05, 4.69) is 0 Å². The predicted molar refractivity (Wildman–Crippen MR) is 64.5 cm³/mol. The second-order valence-corrected chi connectivity index (χ2v) is 3.50. The Labute approximate surface area is 94.1 Å². The lowest BCUT2D eigenvalue weighted by atomic mass is 10.0. The van der Waals surface area contributed by atoms with Crippen LogP contribution in [-0.2, 0) is 0 Å². The lowest BCUT2D eigenvalue weighted by molar-refractivity contribution is 0.415. The number of aromatic hydroxyl groups is 1. The van der Waals surface area contributed by atoms with Crippen molar-refractivity contribution in [2.75, 3.05) is 12.8 Å². The fourth-order valence-corrected chi connectivity index (χ4v) is 1.58. The Bertz CT molecular complexity index is 492. The maximum absolute atomic E-state index is 9.27. The molecular weight excluding hydrogens is 202 g/mol. The largest absolute Gasteiger partial charge is 0.508 e. The summed E-state index contributed by atoms with van der Waals surface area (Å²) in [5.74, 6) is 0.982. The molecule has 0 fully saturated rings. The summed E-state index contributed by atoms with van der Waals surface area (Å²) >= 11 is 0. The first kappa shape index (κ1) is 10.4. The van der Waals surface area contributed by atoms with Crippen LogP contribution in [0.3, 0.4) is 0 Å². The molecule has 0 saturated carbocycles. The van der Waals surface area contributed by atoms with E-state index < -0.39 is 0 Å². The monoisotopic (exact) mass is 215 g/mol. The summed E-state index contributed by atoms with van der Waals surface area (Å²) in [6.07, 6.45) is 0. The third kappa shape index (κ3) is 1.93. The van der Waals surface area contributed by atoms with E-state index in [1.54, 1.807) is 25.3 Å². The number of hydrogen-bond acceptors (Lipinski definition) is 3. The Balaban J connectivity index is 2.42. The Hall–Kier alpha value is -2.16. The molecule has 0 unspecified atom stereocenters. The van der Waals surface area contributed by atoms with E-state index in [1.807, 2.05) is 24.3 Å². The molecule has 0 atom stereocenters. The third-order valence-electron chi connectivity index (χ3n) is 2.44. The molecule has 0 heterocycles. The Kier molecular flexibility index (Phi) is 2.68. The quantitative estimate of drug-likeness (QED) is 0.757. The number of phenols is 1. The van der Waals surface area contributed by atoms with Crippen molar-refractivity contribution in [3.05, 3.63) is 42.5 Å². The molecule has 0 aromatic heterocycles. The summed E-state index contributed by atoms with van der Waals surface area (Å²) in [5.41, 5.74) is 8.29. The van der Waals surface area contributed by atoms with Crippen molar-refractivity contribution in [3.8, 4) is 22.6 Å². The highest BCUT2D eigenvalue weighted by molar-refractivity contribution is 5.77. The van der Waals surface area contributed by atoms with Crippen molar-refractivity contribution >= 4 is 5.69 Å². The van der Waals surface area contributed by atoms with E-state index in [1.165, 1.54) is 0 Å². The van der Waals surface area contributed by atoms with Gasteiger partial charge in [0.15, 0.2) is 0 Å².